The number of aromatic nitrogens is 1. The van der Waals surface area contributed by atoms with Crippen LogP contribution in [0.3, 0.4) is 0 Å². The summed E-state index contributed by atoms with van der Waals surface area (Å²) in [5.41, 5.74) is 6.91. The van der Waals surface area contributed by atoms with Crippen molar-refractivity contribution in [1.82, 2.24) is 10.3 Å². The molecule has 0 spiro atoms. The van der Waals surface area contributed by atoms with Gasteiger partial charge in [-0.15, -0.1) is 11.3 Å². The first-order valence-corrected chi connectivity index (χ1v) is 4.59. The average molecular weight is 185 g/mol. The minimum atomic E-state index is -0.0639. The highest BCUT2D eigenvalue weighted by molar-refractivity contribution is 7.11. The van der Waals surface area contributed by atoms with Crippen molar-refractivity contribution in [2.45, 2.75) is 6.42 Å². The third-order valence-electron chi connectivity index (χ3n) is 1.32. The number of hydrogen-bond acceptors (Lipinski definition) is 4. The molecule has 0 unspecified atom stereocenters. The molecule has 66 valence electrons. The molecule has 1 aromatic rings. The quantitative estimate of drug-likeness (QED) is 0.659. The molecule has 3 N–H and O–H groups in total. The smallest absolute Gasteiger partial charge is 0.262 e. The van der Waals surface area contributed by atoms with Gasteiger partial charge in [0.2, 0.25) is 0 Å². The fourth-order valence-electron chi connectivity index (χ4n) is 0.719. The normalized spacial score (nSPS) is 9.75. The molecule has 0 aliphatic heterocycles. The summed E-state index contributed by atoms with van der Waals surface area (Å²) in [5.74, 6) is -0.0639. The molecule has 0 fully saturated rings. The van der Waals surface area contributed by atoms with Gasteiger partial charge in [-0.25, -0.2) is 0 Å². The fraction of sp³-hybridized carbons (Fsp3) is 0.429. The molecule has 0 saturated heterocycles. The molecule has 0 aromatic carbocycles. The molecule has 4 nitrogen and oxygen atoms in total. The maximum atomic E-state index is 11.2. The molecule has 0 aliphatic rings. The van der Waals surface area contributed by atoms with E-state index in [0.29, 0.717) is 18.0 Å². The molecule has 5 heteroatoms. The Labute approximate surface area is 74.8 Å². The zero-order chi connectivity index (χ0) is 8.81. The number of carbonyl (C=O) groups is 1. The maximum Gasteiger partial charge on any atom is 0.262 e. The van der Waals surface area contributed by atoms with E-state index in [1.165, 1.54) is 11.3 Å². The van der Waals surface area contributed by atoms with Crippen molar-refractivity contribution in [1.29, 1.82) is 0 Å². The standard InChI is InChI=1S/C7H11N3OS/c8-2-1-3-10-7(11)6-4-9-5-12-6/h4-5H,1-3,8H2,(H,10,11). The van der Waals surface area contributed by atoms with Crippen molar-refractivity contribution < 1.29 is 4.79 Å². The third-order valence-corrected chi connectivity index (χ3v) is 2.09. The summed E-state index contributed by atoms with van der Waals surface area (Å²) in [4.78, 5) is 15.6. The second-order valence-electron chi connectivity index (χ2n) is 2.26. The Bertz CT molecular complexity index is 235. The van der Waals surface area contributed by atoms with Crippen LogP contribution in [0.2, 0.25) is 0 Å². The molecule has 0 saturated carbocycles. The molecule has 0 bridgehead atoms. The largest absolute Gasteiger partial charge is 0.351 e. The van der Waals surface area contributed by atoms with Gasteiger partial charge in [-0.3, -0.25) is 9.78 Å². The third kappa shape index (κ3) is 2.60. The number of amides is 1. The maximum absolute atomic E-state index is 11.2. The molecule has 1 aromatic heterocycles. The summed E-state index contributed by atoms with van der Waals surface area (Å²) in [7, 11) is 0. The van der Waals surface area contributed by atoms with Gasteiger partial charge in [0.25, 0.3) is 5.91 Å². The minimum absolute atomic E-state index is 0.0639. The lowest BCUT2D eigenvalue weighted by Gasteiger charge is -1.99. The minimum Gasteiger partial charge on any atom is -0.351 e. The lowest BCUT2D eigenvalue weighted by Crippen LogP contribution is -2.25. The van der Waals surface area contributed by atoms with Crippen LogP contribution < -0.4 is 11.1 Å². The highest BCUT2D eigenvalue weighted by atomic mass is 32.1. The van der Waals surface area contributed by atoms with Crippen molar-refractivity contribution >= 4 is 17.2 Å². The lowest BCUT2D eigenvalue weighted by molar-refractivity contribution is 0.0957. The molecule has 1 heterocycles. The van der Waals surface area contributed by atoms with E-state index < -0.39 is 0 Å². The van der Waals surface area contributed by atoms with Crippen LogP contribution in [0.5, 0.6) is 0 Å². The Hall–Kier alpha value is -0.940. The van der Waals surface area contributed by atoms with Crippen LogP contribution in [0.4, 0.5) is 0 Å². The molecule has 1 rings (SSSR count). The number of thiazole rings is 1. The predicted octanol–water partition coefficient (Wildman–Crippen LogP) is 0.222. The second kappa shape index (κ2) is 4.84. The Morgan fingerprint density at radius 2 is 2.58 bits per heavy atom. The van der Waals surface area contributed by atoms with E-state index in [-0.39, 0.29) is 5.91 Å². The summed E-state index contributed by atoms with van der Waals surface area (Å²) in [6.45, 7) is 1.23. The molecular weight excluding hydrogens is 174 g/mol. The monoisotopic (exact) mass is 185 g/mol. The number of rotatable bonds is 4. The molecule has 0 radical (unpaired) electrons. The SMILES string of the molecule is NCCCNC(=O)c1cncs1. The van der Waals surface area contributed by atoms with E-state index in [0.717, 1.165) is 6.42 Å². The first kappa shape index (κ1) is 9.15. The van der Waals surface area contributed by atoms with E-state index in [1.807, 2.05) is 0 Å². The van der Waals surface area contributed by atoms with Crippen LogP contribution in [0.25, 0.3) is 0 Å². The van der Waals surface area contributed by atoms with E-state index in [1.54, 1.807) is 11.7 Å². The summed E-state index contributed by atoms with van der Waals surface area (Å²) in [5, 5.41) is 2.74. The van der Waals surface area contributed by atoms with Crippen molar-refractivity contribution in [3.05, 3.63) is 16.6 Å². The van der Waals surface area contributed by atoms with Gasteiger partial charge in [0.15, 0.2) is 0 Å². The van der Waals surface area contributed by atoms with Gasteiger partial charge in [0.05, 0.1) is 11.7 Å². The van der Waals surface area contributed by atoms with Gasteiger partial charge in [-0.2, -0.15) is 0 Å². The molecule has 0 aliphatic carbocycles. The summed E-state index contributed by atoms with van der Waals surface area (Å²) in [6, 6.07) is 0. The van der Waals surface area contributed by atoms with Crippen LogP contribution in [0, 0.1) is 0 Å². The highest BCUT2D eigenvalue weighted by Gasteiger charge is 2.04. The lowest BCUT2D eigenvalue weighted by atomic mass is 10.4. The zero-order valence-electron chi connectivity index (χ0n) is 6.62. The van der Waals surface area contributed by atoms with Gasteiger partial charge in [-0.05, 0) is 13.0 Å². The Morgan fingerprint density at radius 3 is 3.17 bits per heavy atom. The van der Waals surface area contributed by atoms with Crippen molar-refractivity contribution in [3.63, 3.8) is 0 Å². The van der Waals surface area contributed by atoms with Crippen LogP contribution in [0.1, 0.15) is 16.1 Å². The van der Waals surface area contributed by atoms with Crippen LogP contribution in [0.15, 0.2) is 11.7 Å². The highest BCUT2D eigenvalue weighted by Crippen LogP contribution is 2.03. The topological polar surface area (TPSA) is 68.0 Å². The van der Waals surface area contributed by atoms with Crippen LogP contribution >= 0.6 is 11.3 Å². The first-order valence-electron chi connectivity index (χ1n) is 3.71. The van der Waals surface area contributed by atoms with Gasteiger partial charge in [-0.1, -0.05) is 0 Å². The van der Waals surface area contributed by atoms with E-state index >= 15 is 0 Å². The second-order valence-corrected chi connectivity index (χ2v) is 3.15. The van der Waals surface area contributed by atoms with Gasteiger partial charge < -0.3 is 11.1 Å². The van der Waals surface area contributed by atoms with Gasteiger partial charge in [0, 0.05) is 6.54 Å². The number of nitrogens with two attached hydrogens (primary N) is 1. The Balaban J connectivity index is 2.30. The number of nitrogens with one attached hydrogen (secondary N) is 1. The molecule has 0 atom stereocenters. The Kier molecular flexibility index (Phi) is 3.69. The summed E-state index contributed by atoms with van der Waals surface area (Å²) >= 11 is 1.33. The summed E-state index contributed by atoms with van der Waals surface area (Å²) < 4.78 is 0. The van der Waals surface area contributed by atoms with E-state index in [2.05, 4.69) is 10.3 Å². The van der Waals surface area contributed by atoms with Gasteiger partial charge >= 0.3 is 0 Å². The molecule has 1 amide bonds. The van der Waals surface area contributed by atoms with Crippen LogP contribution in [-0.4, -0.2) is 24.0 Å². The van der Waals surface area contributed by atoms with Crippen molar-refractivity contribution in [3.8, 4) is 0 Å². The number of carbonyl (C=O) groups excluding carboxylic acids is 1. The predicted molar refractivity (Wildman–Crippen MR) is 48.1 cm³/mol. The van der Waals surface area contributed by atoms with Crippen molar-refractivity contribution in [2.75, 3.05) is 13.1 Å². The van der Waals surface area contributed by atoms with Gasteiger partial charge in [0.1, 0.15) is 4.88 Å². The molecular formula is C7H11N3OS. The number of hydrogen-bond donors (Lipinski definition) is 2. The zero-order valence-corrected chi connectivity index (χ0v) is 7.43. The number of nitrogens with zero attached hydrogens (tertiary/aromatic N) is 1. The first-order chi connectivity index (χ1) is 5.84. The van der Waals surface area contributed by atoms with E-state index in [4.69, 9.17) is 5.73 Å². The van der Waals surface area contributed by atoms with Crippen molar-refractivity contribution in [2.24, 2.45) is 5.73 Å². The fourth-order valence-corrected chi connectivity index (χ4v) is 1.26. The van der Waals surface area contributed by atoms with Crippen LogP contribution in [-0.2, 0) is 0 Å². The summed E-state index contributed by atoms with van der Waals surface area (Å²) in [6.07, 6.45) is 2.37. The average Bonchev–Trinajstić information content (AvgIpc) is 2.56. The van der Waals surface area contributed by atoms with E-state index in [9.17, 15) is 4.79 Å². The Morgan fingerprint density at radius 1 is 1.75 bits per heavy atom. The molecule has 12 heavy (non-hydrogen) atoms.